The van der Waals surface area contributed by atoms with Crippen molar-refractivity contribution in [2.75, 3.05) is 0 Å². The van der Waals surface area contributed by atoms with Crippen molar-refractivity contribution < 1.29 is 4.39 Å². The zero-order valence-electron chi connectivity index (χ0n) is 10.4. The molecule has 2 heterocycles. The molecule has 3 nitrogen and oxygen atoms in total. The van der Waals surface area contributed by atoms with Crippen LogP contribution in [0.2, 0.25) is 10.2 Å². The van der Waals surface area contributed by atoms with Crippen LogP contribution in [0.4, 0.5) is 4.39 Å². The molecule has 100 valence electrons. The summed E-state index contributed by atoms with van der Waals surface area (Å²) >= 11 is 11.8. The molecule has 0 radical (unpaired) electrons. The van der Waals surface area contributed by atoms with E-state index in [1.807, 2.05) is 0 Å². The Balaban J connectivity index is 2.35. The maximum Gasteiger partial charge on any atom is 0.180 e. The molecule has 3 aromatic rings. The van der Waals surface area contributed by atoms with Crippen LogP contribution in [0.5, 0.6) is 0 Å². The summed E-state index contributed by atoms with van der Waals surface area (Å²) in [5, 5.41) is 0.569. The minimum Gasteiger partial charge on any atom is -0.250 e. The van der Waals surface area contributed by atoms with E-state index in [0.29, 0.717) is 27.3 Å². The molecule has 0 atom stereocenters. The Morgan fingerprint density at radius 3 is 2.60 bits per heavy atom. The van der Waals surface area contributed by atoms with Crippen molar-refractivity contribution in [1.82, 2.24) is 15.0 Å². The fourth-order valence-corrected chi connectivity index (χ4v) is 2.31. The maximum atomic E-state index is 14.1. The first-order valence-corrected chi connectivity index (χ1v) is 6.55. The second-order valence-corrected chi connectivity index (χ2v) is 5.12. The van der Waals surface area contributed by atoms with Crippen molar-refractivity contribution >= 4 is 34.4 Å². The Labute approximate surface area is 124 Å². The Hall–Kier alpha value is -1.78. The van der Waals surface area contributed by atoms with Crippen LogP contribution in [-0.2, 0) is 0 Å². The third-order valence-electron chi connectivity index (χ3n) is 2.83. The van der Waals surface area contributed by atoms with Gasteiger partial charge in [0.2, 0.25) is 0 Å². The highest BCUT2D eigenvalue weighted by molar-refractivity contribution is 6.31. The lowest BCUT2D eigenvalue weighted by Crippen LogP contribution is -1.95. The molecule has 20 heavy (non-hydrogen) atoms. The number of benzene rings is 1. The van der Waals surface area contributed by atoms with Gasteiger partial charge in [-0.15, -0.1) is 0 Å². The van der Waals surface area contributed by atoms with Crippen molar-refractivity contribution in [3.8, 4) is 11.1 Å². The number of hydrogen-bond acceptors (Lipinski definition) is 3. The molecule has 0 saturated heterocycles. The molecule has 0 N–H and O–H groups in total. The number of aryl methyl sites for hydroxylation is 1. The zero-order valence-corrected chi connectivity index (χ0v) is 11.9. The van der Waals surface area contributed by atoms with Gasteiger partial charge in [-0.3, -0.25) is 4.98 Å². The molecule has 0 aliphatic rings. The summed E-state index contributed by atoms with van der Waals surface area (Å²) in [6.45, 7) is 1.80. The van der Waals surface area contributed by atoms with Gasteiger partial charge in [0.25, 0.3) is 0 Å². The normalized spacial score (nSPS) is 11.0. The van der Waals surface area contributed by atoms with E-state index in [4.69, 9.17) is 23.2 Å². The Morgan fingerprint density at radius 2 is 1.85 bits per heavy atom. The highest BCUT2D eigenvalue weighted by Gasteiger charge is 2.13. The molecule has 0 amide bonds. The van der Waals surface area contributed by atoms with Crippen molar-refractivity contribution in [2.24, 2.45) is 0 Å². The fraction of sp³-hybridized carbons (Fsp3) is 0.0714. The Kier molecular flexibility index (Phi) is 3.28. The third-order valence-corrected chi connectivity index (χ3v) is 3.26. The molecular weight excluding hydrogens is 300 g/mol. The number of rotatable bonds is 1. The average molecular weight is 308 g/mol. The molecule has 0 unspecified atom stereocenters. The first-order valence-electron chi connectivity index (χ1n) is 5.80. The minimum absolute atomic E-state index is 0.238. The highest BCUT2D eigenvalue weighted by atomic mass is 35.5. The summed E-state index contributed by atoms with van der Waals surface area (Å²) in [5.41, 5.74) is 2.52. The molecular formula is C14H8Cl2FN3. The van der Waals surface area contributed by atoms with Crippen LogP contribution in [0.1, 0.15) is 5.69 Å². The average Bonchev–Trinajstić information content (AvgIpc) is 2.37. The van der Waals surface area contributed by atoms with Gasteiger partial charge >= 0.3 is 0 Å². The van der Waals surface area contributed by atoms with Crippen LogP contribution in [0.3, 0.4) is 0 Å². The Bertz CT molecular complexity index is 816. The van der Waals surface area contributed by atoms with Crippen LogP contribution < -0.4 is 0 Å². The van der Waals surface area contributed by atoms with E-state index in [-0.39, 0.29) is 5.15 Å². The smallest absolute Gasteiger partial charge is 0.180 e. The van der Waals surface area contributed by atoms with Gasteiger partial charge in [0.05, 0.1) is 5.69 Å². The van der Waals surface area contributed by atoms with Crippen LogP contribution in [0, 0.1) is 12.7 Å². The van der Waals surface area contributed by atoms with Gasteiger partial charge in [-0.05, 0) is 31.2 Å². The van der Waals surface area contributed by atoms with Crippen molar-refractivity contribution in [1.29, 1.82) is 0 Å². The van der Waals surface area contributed by atoms with E-state index in [9.17, 15) is 4.39 Å². The summed E-state index contributed by atoms with van der Waals surface area (Å²) in [5.74, 6) is -0.441. The van der Waals surface area contributed by atoms with E-state index in [2.05, 4.69) is 15.0 Å². The molecule has 0 bridgehead atoms. The number of fused-ring (bicyclic) bond motifs is 1. The Morgan fingerprint density at radius 1 is 1.05 bits per heavy atom. The van der Waals surface area contributed by atoms with Gasteiger partial charge in [0.15, 0.2) is 5.65 Å². The molecule has 0 spiro atoms. The lowest BCUT2D eigenvalue weighted by molar-refractivity contribution is 0.631. The maximum absolute atomic E-state index is 14.1. The van der Waals surface area contributed by atoms with Gasteiger partial charge in [-0.2, -0.15) is 0 Å². The number of aromatic nitrogens is 3. The molecule has 1 aromatic carbocycles. The van der Waals surface area contributed by atoms with E-state index in [1.165, 1.54) is 6.07 Å². The van der Waals surface area contributed by atoms with Crippen LogP contribution in [0.25, 0.3) is 22.3 Å². The number of pyridine rings is 1. The van der Waals surface area contributed by atoms with Crippen LogP contribution in [0.15, 0.2) is 30.5 Å². The van der Waals surface area contributed by atoms with E-state index in [1.54, 1.807) is 31.3 Å². The summed E-state index contributed by atoms with van der Waals surface area (Å²) < 4.78 is 14.1. The zero-order chi connectivity index (χ0) is 14.3. The summed E-state index contributed by atoms with van der Waals surface area (Å²) in [4.78, 5) is 12.7. The standard InChI is InChI=1S/C14H8Cl2FN3/c1-7-6-18-13-10(5-12(16)20-14(13)19-7)9-3-2-8(15)4-11(9)17/h2-6H,1H3. The predicted molar refractivity (Wildman–Crippen MR) is 77.5 cm³/mol. The third kappa shape index (κ3) is 2.32. The van der Waals surface area contributed by atoms with Gasteiger partial charge < -0.3 is 0 Å². The van der Waals surface area contributed by atoms with E-state index in [0.717, 1.165) is 5.69 Å². The molecule has 3 rings (SSSR count). The van der Waals surface area contributed by atoms with Crippen LogP contribution >= 0.6 is 23.2 Å². The lowest BCUT2D eigenvalue weighted by atomic mass is 10.1. The SMILES string of the molecule is Cc1cnc2c(-c3ccc(Cl)cc3F)cc(Cl)nc2n1. The van der Waals surface area contributed by atoms with Gasteiger partial charge in [0, 0.05) is 22.3 Å². The van der Waals surface area contributed by atoms with Crippen molar-refractivity contribution in [3.63, 3.8) is 0 Å². The van der Waals surface area contributed by atoms with Gasteiger partial charge in [-0.25, -0.2) is 14.4 Å². The van der Waals surface area contributed by atoms with Crippen LogP contribution in [-0.4, -0.2) is 15.0 Å². The van der Waals surface area contributed by atoms with Crippen molar-refractivity contribution in [3.05, 3.63) is 52.1 Å². The van der Waals surface area contributed by atoms with Gasteiger partial charge in [0.1, 0.15) is 16.5 Å². The molecule has 0 fully saturated rings. The van der Waals surface area contributed by atoms with Crippen molar-refractivity contribution in [2.45, 2.75) is 6.92 Å². The number of halogens is 3. The fourth-order valence-electron chi connectivity index (χ4n) is 1.97. The quantitative estimate of drug-likeness (QED) is 0.624. The summed E-state index contributed by atoms with van der Waals surface area (Å²) in [6.07, 6.45) is 1.61. The molecule has 0 saturated carbocycles. The topological polar surface area (TPSA) is 38.7 Å². The first kappa shape index (κ1) is 13.2. The molecule has 2 aromatic heterocycles. The summed E-state index contributed by atoms with van der Waals surface area (Å²) in [6, 6.07) is 6.02. The van der Waals surface area contributed by atoms with E-state index < -0.39 is 5.82 Å². The second kappa shape index (κ2) is 4.96. The van der Waals surface area contributed by atoms with E-state index >= 15 is 0 Å². The number of nitrogens with zero attached hydrogens (tertiary/aromatic N) is 3. The largest absolute Gasteiger partial charge is 0.250 e. The lowest BCUT2D eigenvalue weighted by Gasteiger charge is -2.08. The highest BCUT2D eigenvalue weighted by Crippen LogP contribution is 2.31. The predicted octanol–water partition coefficient (Wildman–Crippen LogP) is 4.45. The number of hydrogen-bond donors (Lipinski definition) is 0. The molecule has 0 aliphatic heterocycles. The molecule has 6 heteroatoms. The van der Waals surface area contributed by atoms with Gasteiger partial charge in [-0.1, -0.05) is 23.2 Å². The monoisotopic (exact) mass is 307 g/mol. The summed E-state index contributed by atoms with van der Waals surface area (Å²) in [7, 11) is 0. The first-order chi connectivity index (χ1) is 9.54. The molecule has 0 aliphatic carbocycles. The second-order valence-electron chi connectivity index (χ2n) is 4.30. The minimum atomic E-state index is -0.441.